The molecule has 0 aliphatic heterocycles. The first-order chi connectivity index (χ1) is 7.07. The van der Waals surface area contributed by atoms with Crippen LogP contribution in [0.15, 0.2) is 0 Å². The van der Waals surface area contributed by atoms with Gasteiger partial charge < -0.3 is 17.7 Å². The van der Waals surface area contributed by atoms with Crippen LogP contribution in [0, 0.1) is 5.92 Å². The molecule has 0 aliphatic carbocycles. The minimum Gasteiger partial charge on any atom is -1.00 e. The first-order valence-corrected chi connectivity index (χ1v) is 5.47. The van der Waals surface area contributed by atoms with Gasteiger partial charge in [-0.15, -0.1) is 0 Å². The number of halogens is 1. The maximum Gasteiger partial charge on any atom is 0.338 e. The molecule has 0 spiro atoms. The quantitative estimate of drug-likeness (QED) is 0.208. The zero-order chi connectivity index (χ0) is 11.7. The summed E-state index contributed by atoms with van der Waals surface area (Å²) in [6.45, 7) is 5.41. The van der Waals surface area contributed by atoms with Crippen molar-refractivity contribution >= 4 is 11.9 Å². The molecule has 1 amide bonds. The lowest BCUT2D eigenvalue weighted by Gasteiger charge is -2.08. The fourth-order valence-corrected chi connectivity index (χ4v) is 1.05. The monoisotopic (exact) mass is 250 g/mol. The van der Waals surface area contributed by atoms with Gasteiger partial charge in [-0.2, -0.15) is 0 Å². The lowest BCUT2D eigenvalue weighted by atomic mass is 10.1. The molecule has 6 N–H and O–H groups in total. The van der Waals surface area contributed by atoms with Crippen molar-refractivity contribution in [3.8, 4) is 0 Å². The van der Waals surface area contributed by atoms with Gasteiger partial charge in [0.2, 0.25) is 5.91 Å². The minimum absolute atomic E-state index is 0. The van der Waals surface area contributed by atoms with Crippen LogP contribution in [-0.4, -0.2) is 25.0 Å². The van der Waals surface area contributed by atoms with E-state index in [1.807, 2.05) is 13.8 Å². The van der Waals surface area contributed by atoms with E-state index < -0.39 is 0 Å². The lowest BCUT2D eigenvalue weighted by molar-refractivity contribution is -0.459. The van der Waals surface area contributed by atoms with Crippen molar-refractivity contribution in [3.05, 3.63) is 0 Å². The van der Waals surface area contributed by atoms with Gasteiger partial charge in [-0.05, 0) is 19.3 Å². The Morgan fingerprint density at radius 2 is 2.00 bits per heavy atom. The highest BCUT2D eigenvalue weighted by Gasteiger charge is 2.08. The number of rotatable bonds is 7. The molecular weight excluding hydrogens is 228 g/mol. The van der Waals surface area contributed by atoms with Gasteiger partial charge in [0.15, 0.2) is 0 Å². The van der Waals surface area contributed by atoms with Gasteiger partial charge in [0, 0.05) is 12.5 Å². The van der Waals surface area contributed by atoms with Crippen LogP contribution in [0.2, 0.25) is 0 Å². The Kier molecular flexibility index (Phi) is 11.5. The molecule has 0 rings (SSSR count). The number of amides is 1. The molecule has 0 aromatic heterocycles. The molecule has 0 saturated heterocycles. The first kappa shape index (κ1) is 17.4. The van der Waals surface area contributed by atoms with Crippen molar-refractivity contribution in [3.63, 3.8) is 0 Å². The van der Waals surface area contributed by atoms with Crippen LogP contribution in [0.5, 0.6) is 0 Å². The van der Waals surface area contributed by atoms with E-state index in [2.05, 4.69) is 10.3 Å². The number of carbonyl (C=O) groups is 1. The summed E-state index contributed by atoms with van der Waals surface area (Å²) in [4.78, 5) is 14.2. The molecule has 0 fully saturated rings. The number of nitrogens with two attached hydrogens (primary N) is 2. The molecule has 0 heterocycles. The second-order valence-electron chi connectivity index (χ2n) is 3.69. The Balaban J connectivity index is 0. The zero-order valence-electron chi connectivity index (χ0n) is 10.1. The molecule has 16 heavy (non-hydrogen) atoms. The van der Waals surface area contributed by atoms with Crippen LogP contribution in [0.4, 0.5) is 0 Å². The van der Waals surface area contributed by atoms with Crippen molar-refractivity contribution in [2.45, 2.75) is 33.1 Å². The topological polar surface area (TPSA) is 95.1 Å². The predicted molar refractivity (Wildman–Crippen MR) is 60.9 cm³/mol. The standard InChI is InChI=1S/C10H22N4O.ClH/c1-3-8(2)9(15)13-6-4-5-7-14-10(11)12;/h8H,3-7H2,1-2H3,(H,13,15)(H4,11,12,14);1H. The Bertz CT molecular complexity index is 217. The van der Waals surface area contributed by atoms with Crippen molar-refractivity contribution in [2.24, 2.45) is 17.4 Å². The van der Waals surface area contributed by atoms with Crippen LogP contribution in [0.3, 0.4) is 0 Å². The third-order valence-corrected chi connectivity index (χ3v) is 2.29. The number of nitrogens with one attached hydrogen (secondary N) is 2. The van der Waals surface area contributed by atoms with Crippen LogP contribution < -0.4 is 34.2 Å². The van der Waals surface area contributed by atoms with E-state index in [-0.39, 0.29) is 30.2 Å². The molecule has 0 aromatic carbocycles. The first-order valence-electron chi connectivity index (χ1n) is 5.47. The van der Waals surface area contributed by atoms with Crippen LogP contribution in [0.1, 0.15) is 33.1 Å². The number of carbonyl (C=O) groups excluding carboxylic acids is 1. The normalized spacial score (nSPS) is 11.1. The highest BCUT2D eigenvalue weighted by molar-refractivity contribution is 5.78. The van der Waals surface area contributed by atoms with Crippen LogP contribution in [0.25, 0.3) is 0 Å². The van der Waals surface area contributed by atoms with E-state index in [9.17, 15) is 4.79 Å². The van der Waals surface area contributed by atoms with E-state index in [1.54, 1.807) is 0 Å². The van der Waals surface area contributed by atoms with Gasteiger partial charge in [-0.3, -0.25) is 21.3 Å². The molecule has 0 saturated carbocycles. The molecule has 0 aromatic rings. The van der Waals surface area contributed by atoms with Crippen molar-refractivity contribution < 1.29 is 22.2 Å². The molecule has 0 aliphatic rings. The predicted octanol–water partition coefficient (Wildman–Crippen LogP) is -4.71. The average Bonchev–Trinajstić information content (AvgIpc) is 2.21. The fraction of sp³-hybridized carbons (Fsp3) is 0.800. The molecule has 0 radical (unpaired) electrons. The Hall–Kier alpha value is -0.970. The third-order valence-electron chi connectivity index (χ3n) is 2.29. The van der Waals surface area contributed by atoms with Gasteiger partial charge in [0.05, 0.1) is 6.54 Å². The third kappa shape index (κ3) is 9.58. The van der Waals surface area contributed by atoms with Gasteiger partial charge in [0.25, 0.3) is 0 Å². The number of unbranched alkanes of at least 4 members (excludes halogenated alkanes) is 1. The Morgan fingerprint density at radius 3 is 2.50 bits per heavy atom. The molecule has 1 atom stereocenters. The molecule has 1 unspecified atom stereocenters. The van der Waals surface area contributed by atoms with E-state index in [0.717, 1.165) is 32.4 Å². The Morgan fingerprint density at radius 1 is 1.38 bits per heavy atom. The maximum absolute atomic E-state index is 11.3. The van der Waals surface area contributed by atoms with E-state index >= 15 is 0 Å². The molecule has 0 bridgehead atoms. The highest BCUT2D eigenvalue weighted by atomic mass is 35.5. The van der Waals surface area contributed by atoms with Crippen LogP contribution >= 0.6 is 0 Å². The van der Waals surface area contributed by atoms with Crippen molar-refractivity contribution in [1.29, 1.82) is 0 Å². The van der Waals surface area contributed by atoms with Gasteiger partial charge in [-0.25, -0.2) is 0 Å². The zero-order valence-corrected chi connectivity index (χ0v) is 10.8. The lowest BCUT2D eigenvalue weighted by Crippen LogP contribution is -3.00. The van der Waals surface area contributed by atoms with Gasteiger partial charge >= 0.3 is 5.96 Å². The summed E-state index contributed by atoms with van der Waals surface area (Å²) in [7, 11) is 0. The van der Waals surface area contributed by atoms with E-state index in [1.165, 1.54) is 0 Å². The van der Waals surface area contributed by atoms with Gasteiger partial charge in [0.1, 0.15) is 0 Å². The summed E-state index contributed by atoms with van der Waals surface area (Å²) in [6, 6.07) is 0. The second kappa shape index (κ2) is 10.5. The summed E-state index contributed by atoms with van der Waals surface area (Å²) < 4.78 is 0. The summed E-state index contributed by atoms with van der Waals surface area (Å²) in [5.74, 6) is 0.491. The molecule has 96 valence electrons. The maximum atomic E-state index is 11.3. The number of guanidine groups is 1. The molecule has 6 heteroatoms. The highest BCUT2D eigenvalue weighted by Crippen LogP contribution is 1.99. The number of hydrogen-bond acceptors (Lipinski definition) is 1. The van der Waals surface area contributed by atoms with E-state index in [4.69, 9.17) is 11.5 Å². The SMILES string of the molecule is CCC(C)C(=O)NCCCC[NH+]=C(N)N.[Cl-]. The summed E-state index contributed by atoms with van der Waals surface area (Å²) >= 11 is 0. The molecule has 5 nitrogen and oxygen atoms in total. The summed E-state index contributed by atoms with van der Waals surface area (Å²) in [6.07, 6.45) is 2.76. The fourth-order valence-electron chi connectivity index (χ4n) is 1.05. The van der Waals surface area contributed by atoms with Gasteiger partial charge in [-0.1, -0.05) is 13.8 Å². The number of hydrogen-bond donors (Lipinski definition) is 4. The Labute approximate surface area is 103 Å². The smallest absolute Gasteiger partial charge is 0.338 e. The minimum atomic E-state index is 0. The van der Waals surface area contributed by atoms with Crippen molar-refractivity contribution in [1.82, 2.24) is 5.32 Å². The average molecular weight is 251 g/mol. The largest absolute Gasteiger partial charge is 1.00 e. The molecular formula is C10H23ClN4O. The summed E-state index contributed by atoms with van der Waals surface area (Å²) in [5.41, 5.74) is 10.5. The second-order valence-corrected chi connectivity index (χ2v) is 3.69. The van der Waals surface area contributed by atoms with Crippen LogP contribution in [-0.2, 0) is 4.79 Å². The van der Waals surface area contributed by atoms with Crippen molar-refractivity contribution in [2.75, 3.05) is 13.1 Å². The van der Waals surface area contributed by atoms with E-state index in [0.29, 0.717) is 0 Å². The summed E-state index contributed by atoms with van der Waals surface area (Å²) in [5, 5.41) is 2.89.